The van der Waals surface area contributed by atoms with Gasteiger partial charge in [0.2, 0.25) is 0 Å². The number of carbonyl (C=O) groups excluding carboxylic acids is 1. The number of sulfonamides is 1. The van der Waals surface area contributed by atoms with E-state index in [1.54, 1.807) is 25.1 Å². The molecule has 3 aromatic rings. The molecule has 1 amide bonds. The Morgan fingerprint density at radius 2 is 1.76 bits per heavy atom. The first kappa shape index (κ1) is 20.7. The maximum atomic E-state index is 14.4. The van der Waals surface area contributed by atoms with Crippen LogP contribution in [0, 0.1) is 5.82 Å². The number of para-hydroxylation sites is 1. The Labute approximate surface area is 172 Å². The quantitative estimate of drug-likeness (QED) is 0.458. The monoisotopic (exact) mass is 431 g/mol. The van der Waals surface area contributed by atoms with Crippen LogP contribution in [0.2, 0.25) is 0 Å². The number of anilines is 1. The molecule has 0 bridgehead atoms. The summed E-state index contributed by atoms with van der Waals surface area (Å²) in [6.45, 7) is 1.10. The molecular formula is C20H18FN3O3S2. The number of nitrogens with zero attached hydrogens (tertiary/aromatic N) is 2. The van der Waals surface area contributed by atoms with Gasteiger partial charge in [0.05, 0.1) is 16.3 Å². The largest absolute Gasteiger partial charge is 0.271 e. The second kappa shape index (κ2) is 8.97. The molecule has 150 valence electrons. The van der Waals surface area contributed by atoms with Gasteiger partial charge in [0.25, 0.3) is 15.9 Å². The molecule has 0 radical (unpaired) electrons. The van der Waals surface area contributed by atoms with E-state index in [2.05, 4.69) is 10.5 Å². The van der Waals surface area contributed by atoms with Crippen molar-refractivity contribution in [3.8, 4) is 0 Å². The third-order valence-corrected chi connectivity index (χ3v) is 6.72. The number of hydrogen-bond acceptors (Lipinski definition) is 5. The van der Waals surface area contributed by atoms with Crippen molar-refractivity contribution in [2.45, 2.75) is 11.8 Å². The Balaban J connectivity index is 1.89. The van der Waals surface area contributed by atoms with E-state index in [0.29, 0.717) is 5.71 Å². The number of benzene rings is 2. The van der Waals surface area contributed by atoms with Gasteiger partial charge >= 0.3 is 0 Å². The van der Waals surface area contributed by atoms with Crippen LogP contribution in [0.5, 0.6) is 0 Å². The van der Waals surface area contributed by atoms with Gasteiger partial charge in [-0.3, -0.25) is 9.10 Å². The number of halogens is 1. The molecule has 1 heterocycles. The number of rotatable bonds is 7. The van der Waals surface area contributed by atoms with Crippen molar-refractivity contribution in [1.29, 1.82) is 0 Å². The average molecular weight is 432 g/mol. The summed E-state index contributed by atoms with van der Waals surface area (Å²) < 4.78 is 41.3. The van der Waals surface area contributed by atoms with Crippen molar-refractivity contribution in [2.75, 3.05) is 10.8 Å². The van der Waals surface area contributed by atoms with Gasteiger partial charge in [-0.15, -0.1) is 11.3 Å². The highest BCUT2D eigenvalue weighted by Gasteiger charge is 2.28. The predicted octanol–water partition coefficient (Wildman–Crippen LogP) is 3.62. The van der Waals surface area contributed by atoms with Gasteiger partial charge in [0.15, 0.2) is 0 Å². The Kier molecular flexibility index (Phi) is 6.40. The highest BCUT2D eigenvalue weighted by atomic mass is 32.2. The Morgan fingerprint density at radius 1 is 1.07 bits per heavy atom. The molecule has 6 nitrogen and oxygen atoms in total. The minimum Gasteiger partial charge on any atom is -0.271 e. The van der Waals surface area contributed by atoms with Gasteiger partial charge in [-0.2, -0.15) is 5.10 Å². The van der Waals surface area contributed by atoms with E-state index in [4.69, 9.17) is 0 Å². The van der Waals surface area contributed by atoms with E-state index in [1.165, 1.54) is 41.7 Å². The van der Waals surface area contributed by atoms with E-state index in [1.807, 2.05) is 17.5 Å². The lowest BCUT2D eigenvalue weighted by molar-refractivity contribution is -0.119. The summed E-state index contributed by atoms with van der Waals surface area (Å²) in [5.41, 5.74) is 2.70. The molecule has 0 aliphatic rings. The van der Waals surface area contributed by atoms with Crippen LogP contribution in [0.25, 0.3) is 0 Å². The zero-order valence-corrected chi connectivity index (χ0v) is 17.1. The van der Waals surface area contributed by atoms with Gasteiger partial charge in [-0.05, 0) is 42.6 Å². The lowest BCUT2D eigenvalue weighted by atomic mass is 10.3. The molecular weight excluding hydrogens is 413 g/mol. The number of amides is 1. The van der Waals surface area contributed by atoms with E-state index in [9.17, 15) is 17.6 Å². The van der Waals surface area contributed by atoms with Crippen molar-refractivity contribution in [1.82, 2.24) is 5.43 Å². The lowest BCUT2D eigenvalue weighted by Gasteiger charge is -2.24. The summed E-state index contributed by atoms with van der Waals surface area (Å²) >= 11 is 1.46. The van der Waals surface area contributed by atoms with Crippen molar-refractivity contribution >= 4 is 38.7 Å². The number of hydrazone groups is 1. The molecule has 0 unspecified atom stereocenters. The van der Waals surface area contributed by atoms with Crippen LogP contribution in [-0.2, 0) is 14.8 Å². The Bertz CT molecular complexity index is 1110. The maximum absolute atomic E-state index is 14.4. The molecule has 0 fully saturated rings. The zero-order valence-electron chi connectivity index (χ0n) is 15.4. The molecule has 0 saturated heterocycles. The number of nitrogens with one attached hydrogen (secondary N) is 1. The van der Waals surface area contributed by atoms with Crippen molar-refractivity contribution in [3.63, 3.8) is 0 Å². The van der Waals surface area contributed by atoms with Gasteiger partial charge in [-0.1, -0.05) is 36.4 Å². The van der Waals surface area contributed by atoms with E-state index in [0.717, 1.165) is 15.2 Å². The minimum atomic E-state index is -4.17. The first-order valence-corrected chi connectivity index (χ1v) is 10.9. The zero-order chi connectivity index (χ0) is 20.9. The number of hydrogen-bond donors (Lipinski definition) is 1. The topological polar surface area (TPSA) is 78.8 Å². The number of carbonyl (C=O) groups is 1. The Hall–Kier alpha value is -3.04. The molecule has 0 aliphatic carbocycles. The minimum absolute atomic E-state index is 0.0469. The molecule has 29 heavy (non-hydrogen) atoms. The molecule has 0 atom stereocenters. The second-order valence-corrected chi connectivity index (χ2v) is 8.80. The molecule has 0 aliphatic heterocycles. The highest BCUT2D eigenvalue weighted by molar-refractivity contribution is 7.92. The molecule has 9 heteroatoms. The van der Waals surface area contributed by atoms with E-state index < -0.39 is 28.3 Å². The molecule has 0 saturated carbocycles. The summed E-state index contributed by atoms with van der Waals surface area (Å²) in [7, 11) is -4.17. The van der Waals surface area contributed by atoms with Crippen LogP contribution in [0.3, 0.4) is 0 Å². The van der Waals surface area contributed by atoms with Crippen molar-refractivity contribution < 1.29 is 17.6 Å². The maximum Gasteiger partial charge on any atom is 0.264 e. The second-order valence-electron chi connectivity index (χ2n) is 5.99. The molecule has 2 aromatic carbocycles. The van der Waals surface area contributed by atoms with Crippen LogP contribution in [0.15, 0.2) is 82.1 Å². The third-order valence-electron chi connectivity index (χ3n) is 3.97. The van der Waals surface area contributed by atoms with Crippen LogP contribution < -0.4 is 9.73 Å². The smallest absolute Gasteiger partial charge is 0.264 e. The predicted molar refractivity (Wildman–Crippen MR) is 112 cm³/mol. The first-order chi connectivity index (χ1) is 13.9. The lowest BCUT2D eigenvalue weighted by Crippen LogP contribution is -2.40. The molecule has 3 rings (SSSR count). The van der Waals surface area contributed by atoms with Gasteiger partial charge in [0, 0.05) is 4.88 Å². The summed E-state index contributed by atoms with van der Waals surface area (Å²) in [5, 5.41) is 5.88. The third kappa shape index (κ3) is 4.87. The van der Waals surface area contributed by atoms with Gasteiger partial charge < -0.3 is 0 Å². The Morgan fingerprint density at radius 3 is 2.41 bits per heavy atom. The van der Waals surface area contributed by atoms with Crippen molar-refractivity contribution in [2.24, 2.45) is 5.10 Å². The summed E-state index contributed by atoms with van der Waals surface area (Å²) in [5.74, 6) is -1.44. The number of thiophene rings is 1. The molecule has 0 spiro atoms. The summed E-state index contributed by atoms with van der Waals surface area (Å²) in [6, 6.07) is 16.7. The van der Waals surface area contributed by atoms with Gasteiger partial charge in [0.1, 0.15) is 12.4 Å². The normalized spacial score (nSPS) is 11.9. The fraction of sp³-hybridized carbons (Fsp3) is 0.100. The fourth-order valence-corrected chi connectivity index (χ4v) is 4.65. The van der Waals surface area contributed by atoms with Crippen LogP contribution in [0.1, 0.15) is 11.8 Å². The average Bonchev–Trinajstić information content (AvgIpc) is 3.26. The fourth-order valence-electron chi connectivity index (χ4n) is 2.52. The highest BCUT2D eigenvalue weighted by Crippen LogP contribution is 2.25. The van der Waals surface area contributed by atoms with Crippen LogP contribution in [-0.4, -0.2) is 26.6 Å². The van der Waals surface area contributed by atoms with Crippen LogP contribution >= 0.6 is 11.3 Å². The first-order valence-electron chi connectivity index (χ1n) is 8.59. The molecule has 1 aromatic heterocycles. The standard InChI is InChI=1S/C20H18FN3O3S2/c1-15(19-12-7-13-28-19)22-23-20(25)14-24(18-11-6-5-10-17(18)21)29(26,27)16-8-3-2-4-9-16/h2-13H,14H2,1H3,(H,23,25). The van der Waals surface area contributed by atoms with Crippen molar-refractivity contribution in [3.05, 3.63) is 82.8 Å². The van der Waals surface area contributed by atoms with Crippen LogP contribution in [0.4, 0.5) is 10.1 Å². The summed E-state index contributed by atoms with van der Waals surface area (Å²) in [6.07, 6.45) is 0. The SMILES string of the molecule is CC(=NNC(=O)CN(c1ccccc1F)S(=O)(=O)c1ccccc1)c1cccs1. The summed E-state index contributed by atoms with van der Waals surface area (Å²) in [4.78, 5) is 13.3. The van der Waals surface area contributed by atoms with Gasteiger partial charge in [-0.25, -0.2) is 18.2 Å². The van der Waals surface area contributed by atoms with E-state index in [-0.39, 0.29) is 10.6 Å². The molecule has 1 N–H and O–H groups in total. The van der Waals surface area contributed by atoms with E-state index >= 15 is 0 Å².